The summed E-state index contributed by atoms with van der Waals surface area (Å²) in [5.41, 5.74) is 9.08. The zero-order chi connectivity index (χ0) is 16.4. The minimum Gasteiger partial charge on any atom is -0.399 e. The number of nitrogen functional groups attached to an aromatic ring is 1. The first-order chi connectivity index (χ1) is 11.1. The summed E-state index contributed by atoms with van der Waals surface area (Å²) in [6.45, 7) is -0.0383. The number of nitrogens with zero attached hydrogens (tertiary/aromatic N) is 1. The van der Waals surface area contributed by atoms with Gasteiger partial charge in [0.2, 0.25) is 0 Å². The maximum atomic E-state index is 12.1. The van der Waals surface area contributed by atoms with Crippen LogP contribution in [0.3, 0.4) is 0 Å². The van der Waals surface area contributed by atoms with Gasteiger partial charge in [0, 0.05) is 23.3 Å². The molecule has 116 valence electrons. The van der Waals surface area contributed by atoms with E-state index in [0.29, 0.717) is 11.4 Å². The van der Waals surface area contributed by atoms with E-state index in [1.807, 2.05) is 36.4 Å². The number of benzene rings is 1. The van der Waals surface area contributed by atoms with E-state index in [4.69, 9.17) is 11.1 Å². The van der Waals surface area contributed by atoms with Gasteiger partial charge < -0.3 is 21.4 Å². The molecule has 0 unspecified atom stereocenters. The van der Waals surface area contributed by atoms with E-state index in [9.17, 15) is 9.59 Å². The summed E-state index contributed by atoms with van der Waals surface area (Å²) in [5.74, 6) is -0.442. The van der Waals surface area contributed by atoms with Crippen LogP contribution >= 0.6 is 0 Å². The monoisotopic (exact) mass is 309 g/mol. The number of nitrogens with one attached hydrogen (secondary N) is 3. The maximum absolute atomic E-state index is 12.1. The summed E-state index contributed by atoms with van der Waals surface area (Å²) < 4.78 is 0. The summed E-state index contributed by atoms with van der Waals surface area (Å²) >= 11 is 0. The minimum absolute atomic E-state index is 0.0383. The molecule has 1 aliphatic rings. The number of H-pyrrole nitrogens is 1. The fourth-order valence-corrected chi connectivity index (χ4v) is 2.31. The van der Waals surface area contributed by atoms with E-state index in [1.165, 1.54) is 0 Å². The third kappa shape index (κ3) is 2.84. The molecule has 23 heavy (non-hydrogen) atoms. The van der Waals surface area contributed by atoms with Crippen LogP contribution in [-0.2, 0) is 4.79 Å². The Morgan fingerprint density at radius 1 is 1.13 bits per heavy atom. The van der Waals surface area contributed by atoms with E-state index in [0.717, 1.165) is 22.4 Å². The summed E-state index contributed by atoms with van der Waals surface area (Å²) in [7, 11) is 0. The topological polar surface area (TPSA) is 115 Å². The smallest absolute Gasteiger partial charge is 0.329 e. The van der Waals surface area contributed by atoms with Gasteiger partial charge >= 0.3 is 6.03 Å². The molecular formula is C16H15N5O2. The molecule has 0 aliphatic carbocycles. The number of anilines is 1. The average Bonchev–Trinajstić information content (AvgIpc) is 3.09. The summed E-state index contributed by atoms with van der Waals surface area (Å²) in [6.07, 6.45) is 2.58. The molecule has 2 aromatic rings. The van der Waals surface area contributed by atoms with Crippen molar-refractivity contribution in [3.63, 3.8) is 0 Å². The number of hydrogen-bond acceptors (Lipinski definition) is 4. The Hall–Kier alpha value is -3.35. The third-order valence-electron chi connectivity index (χ3n) is 3.47. The number of nitrogens with two attached hydrogens (primary N) is 1. The zero-order valence-electron chi connectivity index (χ0n) is 12.2. The molecule has 3 rings (SSSR count). The van der Waals surface area contributed by atoms with Crippen LogP contribution in [0.2, 0.25) is 0 Å². The van der Waals surface area contributed by atoms with Crippen LogP contribution in [0.1, 0.15) is 5.69 Å². The Balaban J connectivity index is 1.84. The van der Waals surface area contributed by atoms with Gasteiger partial charge in [-0.2, -0.15) is 0 Å². The molecule has 1 aliphatic heterocycles. The second-order valence-electron chi connectivity index (χ2n) is 5.06. The Kier molecular flexibility index (Phi) is 3.68. The second-order valence-corrected chi connectivity index (χ2v) is 5.06. The zero-order valence-corrected chi connectivity index (χ0v) is 12.2. The number of hydrogen-bond donors (Lipinski definition) is 4. The van der Waals surface area contributed by atoms with Crippen LogP contribution < -0.4 is 11.1 Å². The minimum atomic E-state index is -0.518. The maximum Gasteiger partial charge on any atom is 0.329 e. The van der Waals surface area contributed by atoms with Crippen molar-refractivity contribution in [1.29, 1.82) is 5.41 Å². The molecule has 2 heterocycles. The number of aromatic amines is 1. The van der Waals surface area contributed by atoms with Crippen LogP contribution in [-0.4, -0.2) is 34.6 Å². The Labute approximate surface area is 132 Å². The molecule has 0 bridgehead atoms. The van der Waals surface area contributed by atoms with Crippen molar-refractivity contribution in [2.75, 3.05) is 12.3 Å². The highest BCUT2D eigenvalue weighted by Crippen LogP contribution is 2.21. The quantitative estimate of drug-likeness (QED) is 0.299. The highest BCUT2D eigenvalue weighted by atomic mass is 16.2. The standard InChI is InChI=1S/C16H15N5O2/c17-7-8-21-15(22)14(20-16(21)23)9-12-5-6-13(19-12)10-1-3-11(18)4-2-10/h1-7,9,17,19H,8,18H2,(H,20,23). The average molecular weight is 309 g/mol. The molecule has 1 fully saturated rings. The number of imide groups is 1. The lowest BCUT2D eigenvalue weighted by Gasteiger charge is -2.06. The first-order valence-electron chi connectivity index (χ1n) is 6.97. The molecule has 7 heteroatoms. The van der Waals surface area contributed by atoms with Crippen LogP contribution in [0.5, 0.6) is 0 Å². The molecule has 1 saturated heterocycles. The normalized spacial score (nSPS) is 16.0. The molecule has 0 radical (unpaired) electrons. The van der Waals surface area contributed by atoms with Crippen molar-refractivity contribution in [3.8, 4) is 11.3 Å². The predicted octanol–water partition coefficient (Wildman–Crippen LogP) is 1.81. The fourth-order valence-electron chi connectivity index (χ4n) is 2.31. The molecule has 5 N–H and O–H groups in total. The van der Waals surface area contributed by atoms with Crippen molar-refractivity contribution in [2.45, 2.75) is 0 Å². The van der Waals surface area contributed by atoms with Gasteiger partial charge in [-0.3, -0.25) is 9.69 Å². The molecule has 7 nitrogen and oxygen atoms in total. The van der Waals surface area contributed by atoms with Crippen LogP contribution in [0.15, 0.2) is 42.1 Å². The number of urea groups is 1. The number of amides is 3. The van der Waals surface area contributed by atoms with Crippen LogP contribution in [0.25, 0.3) is 17.3 Å². The van der Waals surface area contributed by atoms with Crippen molar-refractivity contribution in [3.05, 3.63) is 47.8 Å². The van der Waals surface area contributed by atoms with E-state index in [1.54, 1.807) is 6.08 Å². The molecule has 0 saturated carbocycles. The van der Waals surface area contributed by atoms with Crippen molar-refractivity contribution < 1.29 is 9.59 Å². The molecule has 0 spiro atoms. The fraction of sp³-hybridized carbons (Fsp3) is 0.0625. The van der Waals surface area contributed by atoms with E-state index >= 15 is 0 Å². The van der Waals surface area contributed by atoms with E-state index in [-0.39, 0.29) is 12.2 Å². The van der Waals surface area contributed by atoms with Gasteiger partial charge in [-0.1, -0.05) is 12.1 Å². The number of aromatic nitrogens is 1. The Bertz CT molecular complexity index is 804. The molecule has 1 aromatic heterocycles. The Morgan fingerprint density at radius 3 is 2.57 bits per heavy atom. The van der Waals surface area contributed by atoms with Crippen LogP contribution in [0.4, 0.5) is 10.5 Å². The van der Waals surface area contributed by atoms with Crippen LogP contribution in [0, 0.1) is 5.41 Å². The van der Waals surface area contributed by atoms with E-state index < -0.39 is 11.9 Å². The van der Waals surface area contributed by atoms with Crippen molar-refractivity contribution in [1.82, 2.24) is 15.2 Å². The number of carbonyl (C=O) groups excluding carboxylic acids is 2. The van der Waals surface area contributed by atoms with Gasteiger partial charge in [0.1, 0.15) is 5.70 Å². The lowest BCUT2D eigenvalue weighted by atomic mass is 10.1. The van der Waals surface area contributed by atoms with Gasteiger partial charge in [0.05, 0.1) is 6.54 Å². The van der Waals surface area contributed by atoms with Crippen molar-refractivity contribution >= 4 is 29.9 Å². The lowest BCUT2D eigenvalue weighted by Crippen LogP contribution is -2.32. The van der Waals surface area contributed by atoms with E-state index in [2.05, 4.69) is 10.3 Å². The first kappa shape index (κ1) is 14.6. The summed E-state index contributed by atoms with van der Waals surface area (Å²) in [5, 5.41) is 9.52. The number of rotatable bonds is 4. The largest absolute Gasteiger partial charge is 0.399 e. The molecular weight excluding hydrogens is 294 g/mol. The molecule has 0 atom stereocenters. The summed E-state index contributed by atoms with van der Waals surface area (Å²) in [4.78, 5) is 27.9. The van der Waals surface area contributed by atoms with Gasteiger partial charge in [0.15, 0.2) is 0 Å². The van der Waals surface area contributed by atoms with Crippen molar-refractivity contribution in [2.24, 2.45) is 0 Å². The highest BCUT2D eigenvalue weighted by Gasteiger charge is 2.32. The third-order valence-corrected chi connectivity index (χ3v) is 3.47. The summed E-state index contributed by atoms with van der Waals surface area (Å²) in [6, 6.07) is 10.6. The van der Waals surface area contributed by atoms with Gasteiger partial charge in [-0.15, -0.1) is 0 Å². The first-order valence-corrected chi connectivity index (χ1v) is 6.97. The molecule has 1 aromatic carbocycles. The second kappa shape index (κ2) is 5.80. The Morgan fingerprint density at radius 2 is 1.87 bits per heavy atom. The SMILES string of the molecule is N=CCN1C(=O)NC(=Cc2ccc(-c3ccc(N)cc3)[nH]2)C1=O. The predicted molar refractivity (Wildman–Crippen MR) is 87.6 cm³/mol. The molecule has 3 amide bonds. The lowest BCUT2D eigenvalue weighted by molar-refractivity contribution is -0.122. The van der Waals surface area contributed by atoms with Gasteiger partial charge in [0.25, 0.3) is 5.91 Å². The number of carbonyl (C=O) groups is 2. The highest BCUT2D eigenvalue weighted by molar-refractivity contribution is 6.14. The van der Waals surface area contributed by atoms with Gasteiger partial charge in [-0.05, 0) is 35.9 Å². The van der Waals surface area contributed by atoms with Gasteiger partial charge in [-0.25, -0.2) is 4.79 Å².